The normalized spacial score (nSPS) is 16.7. The number of carbonyl (C=O) groups excluding carboxylic acids is 2. The molecule has 3 rings (SSSR count). The van der Waals surface area contributed by atoms with Crippen LogP contribution in [-0.2, 0) is 22.4 Å². The van der Waals surface area contributed by atoms with Gasteiger partial charge in [-0.25, -0.2) is 8.78 Å². The first kappa shape index (κ1) is 19.8. The van der Waals surface area contributed by atoms with E-state index >= 15 is 0 Å². The Morgan fingerprint density at radius 1 is 1.36 bits per heavy atom. The molecule has 1 heterocycles. The second-order valence-corrected chi connectivity index (χ2v) is 6.70. The van der Waals surface area contributed by atoms with Crippen molar-refractivity contribution in [1.29, 1.82) is 0 Å². The predicted octanol–water partition coefficient (Wildman–Crippen LogP) is 1.91. The molecule has 1 aliphatic heterocycles. The maximum Gasteiger partial charge on any atom is 0.247 e. The third-order valence-electron chi connectivity index (χ3n) is 4.61. The second-order valence-electron chi connectivity index (χ2n) is 6.70. The zero-order chi connectivity index (χ0) is 20.3. The van der Waals surface area contributed by atoms with Crippen LogP contribution in [0, 0.1) is 11.6 Å². The highest BCUT2D eigenvalue weighted by Gasteiger charge is 2.29. The summed E-state index contributed by atoms with van der Waals surface area (Å²) < 4.78 is 32.3. The Balaban J connectivity index is 1.61. The van der Waals surface area contributed by atoms with E-state index in [2.05, 4.69) is 10.6 Å². The summed E-state index contributed by atoms with van der Waals surface area (Å²) in [6.07, 6.45) is 0.160. The summed E-state index contributed by atoms with van der Waals surface area (Å²) in [5.41, 5.74) is 7.46. The average Bonchev–Trinajstić information content (AvgIpc) is 2.64. The Labute approximate surface area is 161 Å². The van der Waals surface area contributed by atoms with Crippen molar-refractivity contribution in [2.24, 2.45) is 5.73 Å². The minimum atomic E-state index is -0.769. The van der Waals surface area contributed by atoms with Gasteiger partial charge >= 0.3 is 0 Å². The number of carbonyl (C=O) groups is 2. The van der Waals surface area contributed by atoms with Gasteiger partial charge in [-0.1, -0.05) is 6.07 Å². The van der Waals surface area contributed by atoms with Crippen molar-refractivity contribution in [3.05, 3.63) is 59.2 Å². The molecule has 0 aliphatic carbocycles. The molecule has 1 aliphatic rings. The number of anilines is 1. The molecule has 2 unspecified atom stereocenters. The fraction of sp³-hybridized carbons (Fsp3) is 0.300. The van der Waals surface area contributed by atoms with Gasteiger partial charge in [0.15, 0.2) is 0 Å². The van der Waals surface area contributed by atoms with Crippen LogP contribution in [0.3, 0.4) is 0 Å². The highest BCUT2D eigenvalue weighted by molar-refractivity contribution is 6.00. The van der Waals surface area contributed by atoms with Crippen molar-refractivity contribution in [1.82, 2.24) is 5.32 Å². The summed E-state index contributed by atoms with van der Waals surface area (Å²) in [6, 6.07) is 6.92. The van der Waals surface area contributed by atoms with E-state index in [1.54, 1.807) is 18.2 Å². The SMILES string of the molecule is COc1cccc2c1CC(NC(=O)CC(N)Cc1cc(F)ccc1F)C(=O)N2. The second kappa shape index (κ2) is 8.35. The zero-order valence-electron chi connectivity index (χ0n) is 15.3. The van der Waals surface area contributed by atoms with E-state index in [0.717, 1.165) is 23.8 Å². The van der Waals surface area contributed by atoms with Gasteiger partial charge in [-0.15, -0.1) is 0 Å². The van der Waals surface area contributed by atoms with Gasteiger partial charge in [0, 0.05) is 30.1 Å². The third-order valence-corrected chi connectivity index (χ3v) is 4.61. The molecule has 148 valence electrons. The summed E-state index contributed by atoms with van der Waals surface area (Å²) in [6.45, 7) is 0. The lowest BCUT2D eigenvalue weighted by atomic mass is 9.97. The van der Waals surface area contributed by atoms with Crippen molar-refractivity contribution in [3.63, 3.8) is 0 Å². The number of methoxy groups -OCH3 is 1. The number of fused-ring (bicyclic) bond motifs is 1. The molecule has 8 heteroatoms. The summed E-state index contributed by atoms with van der Waals surface area (Å²) in [7, 11) is 1.53. The fourth-order valence-electron chi connectivity index (χ4n) is 3.26. The summed E-state index contributed by atoms with van der Waals surface area (Å²) in [4.78, 5) is 24.6. The Morgan fingerprint density at radius 2 is 2.14 bits per heavy atom. The Hall–Kier alpha value is -3.00. The molecule has 0 saturated carbocycles. The smallest absolute Gasteiger partial charge is 0.247 e. The van der Waals surface area contributed by atoms with Crippen LogP contribution in [0.4, 0.5) is 14.5 Å². The van der Waals surface area contributed by atoms with Crippen molar-refractivity contribution in [3.8, 4) is 5.75 Å². The molecule has 0 spiro atoms. The molecular weight excluding hydrogens is 368 g/mol. The number of hydrogen-bond acceptors (Lipinski definition) is 4. The topological polar surface area (TPSA) is 93.4 Å². The summed E-state index contributed by atoms with van der Waals surface area (Å²) in [5.74, 6) is -1.30. The zero-order valence-corrected chi connectivity index (χ0v) is 15.3. The monoisotopic (exact) mass is 389 g/mol. The van der Waals surface area contributed by atoms with E-state index in [4.69, 9.17) is 10.5 Å². The van der Waals surface area contributed by atoms with Gasteiger partial charge in [0.05, 0.1) is 7.11 Å². The van der Waals surface area contributed by atoms with Crippen LogP contribution in [0.2, 0.25) is 0 Å². The Bertz CT molecular complexity index is 904. The highest BCUT2D eigenvalue weighted by atomic mass is 19.1. The Kier molecular flexibility index (Phi) is 5.89. The van der Waals surface area contributed by atoms with E-state index < -0.39 is 29.6 Å². The van der Waals surface area contributed by atoms with Gasteiger partial charge in [-0.2, -0.15) is 0 Å². The Morgan fingerprint density at radius 3 is 2.89 bits per heavy atom. The number of nitrogens with one attached hydrogen (secondary N) is 2. The number of rotatable bonds is 6. The molecule has 2 aromatic carbocycles. The first-order valence-corrected chi connectivity index (χ1v) is 8.83. The molecule has 2 aromatic rings. The quantitative estimate of drug-likeness (QED) is 0.704. The first-order chi connectivity index (χ1) is 13.4. The number of halogens is 2. The number of ether oxygens (including phenoxy) is 1. The molecule has 2 atom stereocenters. The van der Waals surface area contributed by atoms with E-state index in [0.29, 0.717) is 11.4 Å². The predicted molar refractivity (Wildman–Crippen MR) is 99.9 cm³/mol. The fourth-order valence-corrected chi connectivity index (χ4v) is 3.26. The molecule has 0 radical (unpaired) electrons. The molecule has 2 amide bonds. The summed E-state index contributed by atoms with van der Waals surface area (Å²) >= 11 is 0. The average molecular weight is 389 g/mol. The standard InChI is InChI=1S/C20H21F2N3O3/c1-28-18-4-2-3-16-14(18)10-17(20(27)25-16)24-19(26)9-13(23)8-11-7-12(21)5-6-15(11)22/h2-7,13,17H,8-10,23H2,1H3,(H,24,26)(H,25,27). The van der Waals surface area contributed by atoms with Crippen molar-refractivity contribution in [2.75, 3.05) is 12.4 Å². The molecule has 0 aromatic heterocycles. The summed E-state index contributed by atoms with van der Waals surface area (Å²) in [5, 5.41) is 5.39. The van der Waals surface area contributed by atoms with Crippen LogP contribution >= 0.6 is 0 Å². The number of nitrogens with two attached hydrogens (primary N) is 1. The van der Waals surface area contributed by atoms with Crippen LogP contribution < -0.4 is 21.1 Å². The lowest BCUT2D eigenvalue weighted by Crippen LogP contribution is -2.48. The van der Waals surface area contributed by atoms with Gasteiger partial charge < -0.3 is 21.1 Å². The van der Waals surface area contributed by atoms with Gasteiger partial charge in [-0.05, 0) is 42.3 Å². The van der Waals surface area contributed by atoms with Crippen LogP contribution in [0.25, 0.3) is 0 Å². The van der Waals surface area contributed by atoms with Gasteiger partial charge in [0.1, 0.15) is 23.4 Å². The van der Waals surface area contributed by atoms with E-state index in [9.17, 15) is 18.4 Å². The molecule has 4 N–H and O–H groups in total. The van der Waals surface area contributed by atoms with Crippen LogP contribution in [0.1, 0.15) is 17.5 Å². The van der Waals surface area contributed by atoms with Crippen LogP contribution in [0.5, 0.6) is 5.75 Å². The molecule has 28 heavy (non-hydrogen) atoms. The minimum Gasteiger partial charge on any atom is -0.496 e. The van der Waals surface area contributed by atoms with Crippen LogP contribution in [0.15, 0.2) is 36.4 Å². The largest absolute Gasteiger partial charge is 0.496 e. The van der Waals surface area contributed by atoms with E-state index in [1.807, 2.05) is 0 Å². The maximum atomic E-state index is 13.7. The highest BCUT2D eigenvalue weighted by Crippen LogP contribution is 2.30. The van der Waals surface area contributed by atoms with Crippen molar-refractivity contribution < 1.29 is 23.1 Å². The van der Waals surface area contributed by atoms with Crippen molar-refractivity contribution >= 4 is 17.5 Å². The molecule has 6 nitrogen and oxygen atoms in total. The maximum absolute atomic E-state index is 13.7. The first-order valence-electron chi connectivity index (χ1n) is 8.83. The van der Waals surface area contributed by atoms with Gasteiger partial charge in [0.25, 0.3) is 0 Å². The lowest BCUT2D eigenvalue weighted by molar-refractivity contribution is -0.126. The minimum absolute atomic E-state index is 0.00450. The molecule has 0 fully saturated rings. The molecule has 0 bridgehead atoms. The van der Waals surface area contributed by atoms with Gasteiger partial charge in [0.2, 0.25) is 11.8 Å². The molecular formula is C20H21F2N3O3. The van der Waals surface area contributed by atoms with E-state index in [-0.39, 0.29) is 30.7 Å². The lowest BCUT2D eigenvalue weighted by Gasteiger charge is -2.27. The van der Waals surface area contributed by atoms with Crippen molar-refractivity contribution in [2.45, 2.75) is 31.3 Å². The third kappa shape index (κ3) is 4.45. The number of benzene rings is 2. The van der Waals surface area contributed by atoms with Crippen LogP contribution in [-0.4, -0.2) is 31.0 Å². The van der Waals surface area contributed by atoms with Gasteiger partial charge in [-0.3, -0.25) is 9.59 Å². The van der Waals surface area contributed by atoms with E-state index in [1.165, 1.54) is 7.11 Å². The number of amides is 2. The number of hydrogen-bond donors (Lipinski definition) is 3. The molecule has 0 saturated heterocycles.